The van der Waals surface area contributed by atoms with E-state index in [4.69, 9.17) is 4.42 Å². The zero-order valence-corrected chi connectivity index (χ0v) is 16.8. The van der Waals surface area contributed by atoms with Crippen molar-refractivity contribution in [2.24, 2.45) is 0 Å². The topological polar surface area (TPSA) is 106 Å². The highest BCUT2D eigenvalue weighted by atomic mass is 16.3. The molecule has 0 saturated heterocycles. The van der Waals surface area contributed by atoms with Crippen LogP contribution in [0.3, 0.4) is 0 Å². The summed E-state index contributed by atoms with van der Waals surface area (Å²) in [6.07, 6.45) is 8.66. The Morgan fingerprint density at radius 3 is 2.53 bits per heavy atom. The van der Waals surface area contributed by atoms with E-state index in [1.807, 2.05) is 35.0 Å². The number of benzene rings is 1. The summed E-state index contributed by atoms with van der Waals surface area (Å²) in [5, 5.41) is 9.83. The second-order valence-corrected chi connectivity index (χ2v) is 7.09. The molecule has 1 aromatic carbocycles. The zero-order valence-electron chi connectivity index (χ0n) is 16.8. The fourth-order valence-corrected chi connectivity index (χ4v) is 3.25. The fraction of sp³-hybridized carbons (Fsp3) is 0.0435. The first kappa shape index (κ1) is 19.3. The van der Waals surface area contributed by atoms with Crippen LogP contribution in [0.15, 0.2) is 90.1 Å². The van der Waals surface area contributed by atoms with E-state index in [2.05, 4.69) is 20.7 Å². The van der Waals surface area contributed by atoms with Crippen LogP contribution >= 0.6 is 0 Å². The van der Waals surface area contributed by atoms with E-state index in [-0.39, 0.29) is 17.6 Å². The van der Waals surface area contributed by atoms with E-state index in [0.29, 0.717) is 23.5 Å². The minimum atomic E-state index is -0.356. The first-order valence-corrected chi connectivity index (χ1v) is 9.85. The number of fused-ring (bicyclic) bond motifs is 1. The molecule has 4 aromatic heterocycles. The predicted molar refractivity (Wildman–Crippen MR) is 118 cm³/mol. The molecule has 4 heterocycles. The Balaban J connectivity index is 1.20. The normalized spacial score (nSPS) is 10.9. The molecule has 2 N–H and O–H groups in total. The lowest BCUT2D eigenvalue weighted by Gasteiger charge is -2.06. The van der Waals surface area contributed by atoms with E-state index < -0.39 is 0 Å². The van der Waals surface area contributed by atoms with Gasteiger partial charge in [-0.3, -0.25) is 14.3 Å². The monoisotopic (exact) mass is 426 g/mol. The van der Waals surface area contributed by atoms with E-state index in [1.165, 1.54) is 6.26 Å². The van der Waals surface area contributed by atoms with Crippen LogP contribution in [-0.2, 0) is 6.54 Å². The van der Waals surface area contributed by atoms with Gasteiger partial charge in [-0.15, -0.1) is 0 Å². The number of furan rings is 1. The number of nitrogens with one attached hydrogen (secondary N) is 2. The summed E-state index contributed by atoms with van der Waals surface area (Å²) in [6.45, 7) is 0.488. The lowest BCUT2D eigenvalue weighted by atomic mass is 10.2. The Morgan fingerprint density at radius 2 is 1.75 bits per heavy atom. The third-order valence-corrected chi connectivity index (χ3v) is 4.78. The summed E-state index contributed by atoms with van der Waals surface area (Å²) in [4.78, 5) is 29.1. The van der Waals surface area contributed by atoms with Crippen molar-refractivity contribution in [3.8, 4) is 0 Å². The highest BCUT2D eigenvalue weighted by molar-refractivity contribution is 6.05. The smallest absolute Gasteiger partial charge is 0.291 e. The van der Waals surface area contributed by atoms with Gasteiger partial charge in [0.05, 0.1) is 30.4 Å². The molecule has 0 atom stereocenters. The second-order valence-electron chi connectivity index (χ2n) is 7.09. The van der Waals surface area contributed by atoms with Gasteiger partial charge in [0.2, 0.25) is 0 Å². The van der Waals surface area contributed by atoms with Crippen molar-refractivity contribution in [3.63, 3.8) is 0 Å². The number of carbonyl (C=O) groups is 2. The van der Waals surface area contributed by atoms with Gasteiger partial charge >= 0.3 is 0 Å². The minimum absolute atomic E-state index is 0.215. The standard InChI is InChI=1S/C23H18N6O3/c30-22(16-6-8-17(9-7-16)26-23(31)20-4-3-11-32-20)27-18-12-24-29(14-18)15-19-13-28-10-2-1-5-21(28)25-19/h1-14H,15H2,(H,26,31)(H,27,30). The minimum Gasteiger partial charge on any atom is -0.459 e. The fourth-order valence-electron chi connectivity index (χ4n) is 3.25. The van der Waals surface area contributed by atoms with Gasteiger partial charge in [-0.05, 0) is 48.5 Å². The number of anilines is 2. The molecule has 0 spiro atoms. The summed E-state index contributed by atoms with van der Waals surface area (Å²) < 4.78 is 8.72. The van der Waals surface area contributed by atoms with Gasteiger partial charge in [-0.2, -0.15) is 5.10 Å². The van der Waals surface area contributed by atoms with Gasteiger partial charge < -0.3 is 19.5 Å². The summed E-state index contributed by atoms with van der Waals surface area (Å²) in [5.74, 6) is -0.418. The van der Waals surface area contributed by atoms with Gasteiger partial charge in [-0.25, -0.2) is 4.98 Å². The van der Waals surface area contributed by atoms with Crippen LogP contribution < -0.4 is 10.6 Å². The number of pyridine rings is 1. The quantitative estimate of drug-likeness (QED) is 0.431. The third-order valence-electron chi connectivity index (χ3n) is 4.78. The van der Waals surface area contributed by atoms with Crippen molar-refractivity contribution in [2.75, 3.05) is 10.6 Å². The molecular formula is C23H18N6O3. The molecule has 5 aromatic rings. The largest absolute Gasteiger partial charge is 0.459 e. The summed E-state index contributed by atoms with van der Waals surface area (Å²) in [6, 6.07) is 15.6. The van der Waals surface area contributed by atoms with Crippen molar-refractivity contribution >= 4 is 28.8 Å². The number of carbonyl (C=O) groups excluding carboxylic acids is 2. The van der Waals surface area contributed by atoms with Crippen LogP contribution in [0.2, 0.25) is 0 Å². The molecule has 0 aliphatic rings. The summed E-state index contributed by atoms with van der Waals surface area (Å²) >= 11 is 0. The second kappa shape index (κ2) is 8.23. The SMILES string of the molecule is O=C(Nc1cnn(Cc2cn3ccccc3n2)c1)c1ccc(NC(=O)c2ccco2)cc1. The Morgan fingerprint density at radius 1 is 0.906 bits per heavy atom. The third kappa shape index (κ3) is 4.12. The Labute approximate surface area is 182 Å². The van der Waals surface area contributed by atoms with Crippen molar-refractivity contribution in [3.05, 3.63) is 103 Å². The molecule has 2 amide bonds. The molecule has 0 aliphatic carbocycles. The van der Waals surface area contributed by atoms with E-state index in [0.717, 1.165) is 11.3 Å². The molecule has 158 valence electrons. The molecule has 32 heavy (non-hydrogen) atoms. The van der Waals surface area contributed by atoms with Crippen molar-refractivity contribution in [2.45, 2.75) is 6.54 Å². The number of nitrogens with zero attached hydrogens (tertiary/aromatic N) is 4. The number of rotatable bonds is 6. The molecule has 5 rings (SSSR count). The van der Waals surface area contributed by atoms with Crippen molar-refractivity contribution in [1.82, 2.24) is 19.2 Å². The lowest BCUT2D eigenvalue weighted by Crippen LogP contribution is -2.13. The van der Waals surface area contributed by atoms with Crippen molar-refractivity contribution < 1.29 is 14.0 Å². The van der Waals surface area contributed by atoms with Gasteiger partial charge in [0.25, 0.3) is 11.8 Å². The van der Waals surface area contributed by atoms with Gasteiger partial charge in [0.15, 0.2) is 5.76 Å². The van der Waals surface area contributed by atoms with Crippen LogP contribution in [0.4, 0.5) is 11.4 Å². The van der Waals surface area contributed by atoms with Gasteiger partial charge in [0, 0.05) is 29.8 Å². The van der Waals surface area contributed by atoms with Crippen LogP contribution in [0, 0.1) is 0 Å². The summed E-state index contributed by atoms with van der Waals surface area (Å²) in [5.41, 5.74) is 3.32. The Bertz CT molecular complexity index is 1350. The van der Waals surface area contributed by atoms with E-state index >= 15 is 0 Å². The average Bonchev–Trinajstić information content (AvgIpc) is 3.55. The molecule has 9 heteroatoms. The molecule has 0 bridgehead atoms. The summed E-state index contributed by atoms with van der Waals surface area (Å²) in [7, 11) is 0. The maximum absolute atomic E-state index is 12.6. The van der Waals surface area contributed by atoms with Gasteiger partial charge in [0.1, 0.15) is 5.65 Å². The molecule has 0 fully saturated rings. The van der Waals surface area contributed by atoms with Crippen molar-refractivity contribution in [1.29, 1.82) is 0 Å². The van der Waals surface area contributed by atoms with Crippen LogP contribution in [0.25, 0.3) is 5.65 Å². The first-order chi connectivity index (χ1) is 15.6. The number of hydrogen-bond acceptors (Lipinski definition) is 5. The van der Waals surface area contributed by atoms with Crippen LogP contribution in [0.1, 0.15) is 26.6 Å². The number of hydrogen-bond donors (Lipinski definition) is 2. The maximum atomic E-state index is 12.6. The maximum Gasteiger partial charge on any atom is 0.291 e. The molecule has 9 nitrogen and oxygen atoms in total. The highest BCUT2D eigenvalue weighted by Crippen LogP contribution is 2.14. The first-order valence-electron chi connectivity index (χ1n) is 9.85. The molecule has 0 unspecified atom stereocenters. The highest BCUT2D eigenvalue weighted by Gasteiger charge is 2.11. The lowest BCUT2D eigenvalue weighted by molar-refractivity contribution is 0.0995. The average molecular weight is 426 g/mol. The number of imidazole rings is 1. The van der Waals surface area contributed by atoms with E-state index in [9.17, 15) is 9.59 Å². The molecule has 0 aliphatic heterocycles. The number of aromatic nitrogens is 4. The van der Waals surface area contributed by atoms with Gasteiger partial charge in [-0.1, -0.05) is 6.07 Å². The van der Waals surface area contributed by atoms with E-state index in [1.54, 1.807) is 53.5 Å². The number of amides is 2. The predicted octanol–water partition coefficient (Wildman–Crippen LogP) is 3.68. The Kier molecular flexibility index (Phi) is 4.97. The van der Waals surface area contributed by atoms with Crippen LogP contribution in [0.5, 0.6) is 0 Å². The molecule has 0 radical (unpaired) electrons. The zero-order chi connectivity index (χ0) is 21.9. The molecular weight excluding hydrogens is 408 g/mol. The Hall–Kier alpha value is -4.66. The molecule has 0 saturated carbocycles. The van der Waals surface area contributed by atoms with Crippen LogP contribution in [-0.4, -0.2) is 31.0 Å².